The number of rotatable bonds is 3. The molecule has 0 saturated heterocycles. The van der Waals surface area contributed by atoms with E-state index in [1.54, 1.807) is 12.1 Å². The highest BCUT2D eigenvalue weighted by atomic mass is 19.4. The highest BCUT2D eigenvalue weighted by Crippen LogP contribution is 2.38. The molecule has 0 spiro atoms. The van der Waals surface area contributed by atoms with Crippen LogP contribution in [0, 0.1) is 0 Å². The van der Waals surface area contributed by atoms with Crippen LogP contribution in [0.2, 0.25) is 0 Å². The molecule has 0 aliphatic heterocycles. The number of benzene rings is 2. The first-order valence-corrected chi connectivity index (χ1v) is 6.31. The maximum Gasteiger partial charge on any atom is 0.417 e. The Kier molecular flexibility index (Phi) is 4.40. The minimum Gasteiger partial charge on any atom is -0.497 e. The minimum absolute atomic E-state index is 0.0113. The third kappa shape index (κ3) is 3.21. The quantitative estimate of drug-likeness (QED) is 0.798. The van der Waals surface area contributed by atoms with Gasteiger partial charge < -0.3 is 9.47 Å². The van der Waals surface area contributed by atoms with Gasteiger partial charge in [-0.2, -0.15) is 13.2 Å². The van der Waals surface area contributed by atoms with Crippen molar-refractivity contribution in [2.45, 2.75) is 6.18 Å². The fourth-order valence-electron chi connectivity index (χ4n) is 2.05. The van der Waals surface area contributed by atoms with E-state index >= 15 is 0 Å². The zero-order valence-electron chi connectivity index (χ0n) is 11.9. The lowest BCUT2D eigenvalue weighted by Crippen LogP contribution is -2.10. The van der Waals surface area contributed by atoms with Gasteiger partial charge in [0, 0.05) is 0 Å². The molecule has 0 aliphatic rings. The molecule has 3 nitrogen and oxygen atoms in total. The number of carbonyl (C=O) groups excluding carboxylic acids is 1. The van der Waals surface area contributed by atoms with E-state index in [9.17, 15) is 18.0 Å². The lowest BCUT2D eigenvalue weighted by atomic mass is 9.97. The minimum atomic E-state index is -4.58. The molecule has 0 amide bonds. The molecule has 22 heavy (non-hydrogen) atoms. The summed E-state index contributed by atoms with van der Waals surface area (Å²) in [6.07, 6.45) is -4.58. The van der Waals surface area contributed by atoms with Crippen LogP contribution < -0.4 is 4.74 Å². The van der Waals surface area contributed by atoms with Gasteiger partial charge in [0.05, 0.1) is 25.3 Å². The average molecular weight is 310 g/mol. The third-order valence-corrected chi connectivity index (χ3v) is 3.15. The molecule has 0 aliphatic carbocycles. The molecule has 2 aromatic carbocycles. The Hall–Kier alpha value is -2.50. The maximum atomic E-state index is 13.3. The molecule has 0 unspecified atom stereocenters. The Labute approximate surface area is 125 Å². The van der Waals surface area contributed by atoms with E-state index in [-0.39, 0.29) is 11.1 Å². The maximum absolute atomic E-state index is 13.3. The Morgan fingerprint density at radius 3 is 2.14 bits per heavy atom. The summed E-state index contributed by atoms with van der Waals surface area (Å²) >= 11 is 0. The predicted octanol–water partition coefficient (Wildman–Crippen LogP) is 4.17. The van der Waals surface area contributed by atoms with Crippen molar-refractivity contribution in [1.29, 1.82) is 0 Å². The molecule has 6 heteroatoms. The van der Waals surface area contributed by atoms with Crippen LogP contribution in [0.15, 0.2) is 42.5 Å². The molecule has 0 radical (unpaired) electrons. The topological polar surface area (TPSA) is 35.5 Å². The first kappa shape index (κ1) is 15.9. The van der Waals surface area contributed by atoms with Crippen molar-refractivity contribution in [3.8, 4) is 16.9 Å². The zero-order valence-corrected chi connectivity index (χ0v) is 11.9. The highest BCUT2D eigenvalue weighted by molar-refractivity contribution is 5.90. The molecule has 0 atom stereocenters. The molecule has 2 aromatic rings. The van der Waals surface area contributed by atoms with Gasteiger partial charge in [-0.15, -0.1) is 0 Å². The SMILES string of the molecule is COC(=O)c1ccc(-c2ccc(OC)cc2)c(C(F)(F)F)c1. The number of methoxy groups -OCH3 is 2. The van der Waals surface area contributed by atoms with E-state index in [0.717, 1.165) is 13.2 Å². The van der Waals surface area contributed by atoms with Crippen molar-refractivity contribution in [2.75, 3.05) is 14.2 Å². The summed E-state index contributed by atoms with van der Waals surface area (Å²) in [6, 6.07) is 9.57. The molecule has 0 aromatic heterocycles. The van der Waals surface area contributed by atoms with Crippen molar-refractivity contribution in [1.82, 2.24) is 0 Å². The first-order valence-electron chi connectivity index (χ1n) is 6.31. The van der Waals surface area contributed by atoms with E-state index < -0.39 is 17.7 Å². The van der Waals surface area contributed by atoms with Gasteiger partial charge in [0.15, 0.2) is 0 Å². The Bertz CT molecular complexity index is 676. The summed E-state index contributed by atoms with van der Waals surface area (Å²) in [5, 5.41) is 0. The smallest absolute Gasteiger partial charge is 0.417 e. The van der Waals surface area contributed by atoms with Gasteiger partial charge in [-0.25, -0.2) is 4.79 Å². The van der Waals surface area contributed by atoms with Crippen molar-refractivity contribution in [3.63, 3.8) is 0 Å². The number of alkyl halides is 3. The number of hydrogen-bond donors (Lipinski definition) is 0. The number of esters is 1. The number of ether oxygens (including phenoxy) is 2. The second-order valence-corrected chi connectivity index (χ2v) is 4.48. The van der Waals surface area contributed by atoms with Crippen LogP contribution in [-0.4, -0.2) is 20.2 Å². The van der Waals surface area contributed by atoms with Gasteiger partial charge in [0.2, 0.25) is 0 Å². The Balaban J connectivity index is 2.56. The predicted molar refractivity (Wildman–Crippen MR) is 74.8 cm³/mol. The van der Waals surface area contributed by atoms with Crippen LogP contribution in [0.4, 0.5) is 13.2 Å². The van der Waals surface area contributed by atoms with Gasteiger partial charge in [0.1, 0.15) is 5.75 Å². The van der Waals surface area contributed by atoms with Gasteiger partial charge in [-0.1, -0.05) is 18.2 Å². The van der Waals surface area contributed by atoms with Crippen molar-refractivity contribution >= 4 is 5.97 Å². The van der Waals surface area contributed by atoms with Crippen LogP contribution in [0.3, 0.4) is 0 Å². The Morgan fingerprint density at radius 1 is 1.00 bits per heavy atom. The lowest BCUT2D eigenvalue weighted by Gasteiger charge is -2.14. The summed E-state index contributed by atoms with van der Waals surface area (Å²) in [7, 11) is 2.59. The molecule has 2 rings (SSSR count). The van der Waals surface area contributed by atoms with Crippen molar-refractivity contribution in [3.05, 3.63) is 53.6 Å². The van der Waals surface area contributed by atoms with Gasteiger partial charge in [0.25, 0.3) is 0 Å². The highest BCUT2D eigenvalue weighted by Gasteiger charge is 2.34. The zero-order chi connectivity index (χ0) is 16.3. The number of halogens is 3. The second-order valence-electron chi connectivity index (χ2n) is 4.48. The molecule has 0 N–H and O–H groups in total. The molecular formula is C16H13F3O3. The largest absolute Gasteiger partial charge is 0.497 e. The van der Waals surface area contributed by atoms with Gasteiger partial charge in [-0.05, 0) is 35.4 Å². The van der Waals surface area contributed by atoms with E-state index in [1.165, 1.54) is 31.4 Å². The fraction of sp³-hybridized carbons (Fsp3) is 0.188. The van der Waals surface area contributed by atoms with Crippen LogP contribution in [0.25, 0.3) is 11.1 Å². The number of carbonyl (C=O) groups is 1. The lowest BCUT2D eigenvalue weighted by molar-refractivity contribution is -0.137. The molecule has 0 saturated carbocycles. The summed E-state index contributed by atoms with van der Waals surface area (Å²) < 4.78 is 49.2. The average Bonchev–Trinajstić information content (AvgIpc) is 2.53. The third-order valence-electron chi connectivity index (χ3n) is 3.15. The normalized spacial score (nSPS) is 11.1. The summed E-state index contributed by atoms with van der Waals surface area (Å²) in [5.74, 6) is -0.268. The fourth-order valence-corrected chi connectivity index (χ4v) is 2.05. The second kappa shape index (κ2) is 6.09. The van der Waals surface area contributed by atoms with Crippen LogP contribution in [0.5, 0.6) is 5.75 Å². The standard InChI is InChI=1S/C16H13F3O3/c1-21-12-6-3-10(4-7-12)13-8-5-11(15(20)22-2)9-14(13)16(17,18)19/h3-9H,1-2H3. The van der Waals surface area contributed by atoms with E-state index in [1.807, 2.05) is 0 Å². The van der Waals surface area contributed by atoms with Crippen molar-refractivity contribution < 1.29 is 27.4 Å². The molecule has 116 valence electrons. The van der Waals surface area contributed by atoms with Crippen LogP contribution in [0.1, 0.15) is 15.9 Å². The van der Waals surface area contributed by atoms with E-state index in [2.05, 4.69) is 4.74 Å². The van der Waals surface area contributed by atoms with Crippen LogP contribution in [-0.2, 0) is 10.9 Å². The summed E-state index contributed by atoms with van der Waals surface area (Å²) in [4.78, 5) is 11.4. The van der Waals surface area contributed by atoms with E-state index in [0.29, 0.717) is 11.3 Å². The monoisotopic (exact) mass is 310 g/mol. The van der Waals surface area contributed by atoms with E-state index in [4.69, 9.17) is 4.74 Å². The summed E-state index contributed by atoms with van der Waals surface area (Å²) in [6.45, 7) is 0. The van der Waals surface area contributed by atoms with Gasteiger partial charge >= 0.3 is 12.1 Å². The van der Waals surface area contributed by atoms with Crippen LogP contribution >= 0.6 is 0 Å². The molecule has 0 fully saturated rings. The molecule has 0 bridgehead atoms. The number of hydrogen-bond acceptors (Lipinski definition) is 3. The van der Waals surface area contributed by atoms with Crippen molar-refractivity contribution in [2.24, 2.45) is 0 Å². The molecular weight excluding hydrogens is 297 g/mol. The summed E-state index contributed by atoms with van der Waals surface area (Å²) in [5.41, 5.74) is -0.667. The molecule has 0 heterocycles. The first-order chi connectivity index (χ1) is 10.4. The Morgan fingerprint density at radius 2 is 1.64 bits per heavy atom. The van der Waals surface area contributed by atoms with Gasteiger partial charge in [-0.3, -0.25) is 0 Å².